The molecule has 152 valence electrons. The molecule has 2 aromatic rings. The Balaban J connectivity index is 1.22. The lowest BCUT2D eigenvalue weighted by atomic mass is 9.48. The van der Waals surface area contributed by atoms with Crippen molar-refractivity contribution >= 4 is 11.9 Å². The zero-order chi connectivity index (χ0) is 20.0. The van der Waals surface area contributed by atoms with Gasteiger partial charge >= 0.3 is 0 Å². The van der Waals surface area contributed by atoms with Gasteiger partial charge in [-0.3, -0.25) is 4.79 Å². The Morgan fingerprint density at radius 1 is 1.07 bits per heavy atom. The second-order valence-electron chi connectivity index (χ2n) is 9.06. The number of allylic oxidation sites excluding steroid dienone is 1. The molecule has 0 amide bonds. The third kappa shape index (κ3) is 3.63. The summed E-state index contributed by atoms with van der Waals surface area (Å²) in [4.78, 5) is 13.0. The molecule has 4 bridgehead atoms. The Kier molecular flexibility index (Phi) is 4.56. The van der Waals surface area contributed by atoms with E-state index in [1.54, 1.807) is 24.3 Å². The third-order valence-electron chi connectivity index (χ3n) is 6.91. The number of rotatable bonds is 6. The molecule has 4 saturated carbocycles. The molecule has 4 fully saturated rings. The third-order valence-corrected chi connectivity index (χ3v) is 6.91. The average molecular weight is 398 g/mol. The fourth-order valence-corrected chi connectivity index (χ4v) is 6.05. The van der Waals surface area contributed by atoms with E-state index < -0.39 is 11.6 Å². The predicted molar refractivity (Wildman–Crippen MR) is 104 cm³/mol. The lowest BCUT2D eigenvalue weighted by Crippen LogP contribution is -2.49. The molecule has 3 nitrogen and oxygen atoms in total. The molecule has 1 aromatic heterocycles. The van der Waals surface area contributed by atoms with E-state index >= 15 is 0 Å². The number of furan rings is 1. The van der Waals surface area contributed by atoms with Crippen LogP contribution in [0.25, 0.3) is 6.08 Å². The van der Waals surface area contributed by atoms with Gasteiger partial charge in [-0.2, -0.15) is 0 Å². The van der Waals surface area contributed by atoms with E-state index in [-0.39, 0.29) is 23.6 Å². The topological polar surface area (TPSA) is 39.4 Å². The number of benzene rings is 1. The van der Waals surface area contributed by atoms with Gasteiger partial charge in [-0.25, -0.2) is 8.78 Å². The number of carbonyl (C=O) groups is 1. The molecular formula is C24H24F2O3. The molecule has 1 aromatic carbocycles. The summed E-state index contributed by atoms with van der Waals surface area (Å²) in [6.45, 7) is 0.0271. The molecule has 4 aliphatic carbocycles. The molecule has 0 atom stereocenters. The van der Waals surface area contributed by atoms with Crippen LogP contribution in [0.4, 0.5) is 8.78 Å². The van der Waals surface area contributed by atoms with E-state index in [4.69, 9.17) is 9.15 Å². The van der Waals surface area contributed by atoms with Crippen molar-refractivity contribution in [1.82, 2.24) is 0 Å². The minimum Gasteiger partial charge on any atom is -0.483 e. The van der Waals surface area contributed by atoms with Crippen molar-refractivity contribution in [3.8, 4) is 5.75 Å². The van der Waals surface area contributed by atoms with Gasteiger partial charge in [-0.05, 0) is 92.7 Å². The summed E-state index contributed by atoms with van der Waals surface area (Å²) in [7, 11) is 0. The highest BCUT2D eigenvalue weighted by Gasteiger charge is 2.53. The second-order valence-corrected chi connectivity index (χ2v) is 9.06. The Hall–Kier alpha value is -2.43. The minimum atomic E-state index is -0.752. The zero-order valence-corrected chi connectivity index (χ0v) is 16.2. The molecule has 0 unspecified atom stereocenters. The zero-order valence-electron chi connectivity index (χ0n) is 16.2. The van der Waals surface area contributed by atoms with Gasteiger partial charge in [0.15, 0.2) is 17.3 Å². The van der Waals surface area contributed by atoms with Crippen LogP contribution in [0.2, 0.25) is 0 Å². The minimum absolute atomic E-state index is 0.0271. The van der Waals surface area contributed by atoms with Crippen molar-refractivity contribution in [3.63, 3.8) is 0 Å². The highest BCUT2D eigenvalue weighted by molar-refractivity contribution is 5.98. The Morgan fingerprint density at radius 3 is 2.41 bits per heavy atom. The highest BCUT2D eigenvalue weighted by Crippen LogP contribution is 2.60. The number of ether oxygens (including phenoxy) is 1. The van der Waals surface area contributed by atoms with Crippen molar-refractivity contribution in [2.45, 2.75) is 45.1 Å². The van der Waals surface area contributed by atoms with E-state index in [2.05, 4.69) is 0 Å². The normalized spacial score (nSPS) is 30.2. The van der Waals surface area contributed by atoms with Crippen molar-refractivity contribution < 1.29 is 22.7 Å². The van der Waals surface area contributed by atoms with Crippen LogP contribution in [0.15, 0.2) is 40.8 Å². The van der Waals surface area contributed by atoms with Crippen LogP contribution in [0.5, 0.6) is 5.75 Å². The van der Waals surface area contributed by atoms with Crippen molar-refractivity contribution in [2.75, 3.05) is 0 Å². The maximum Gasteiger partial charge on any atom is 0.167 e. The van der Waals surface area contributed by atoms with Crippen molar-refractivity contribution in [1.29, 1.82) is 0 Å². The number of hydrogen-bond acceptors (Lipinski definition) is 3. The maximum absolute atomic E-state index is 13.6. The first-order valence-corrected chi connectivity index (χ1v) is 10.4. The van der Waals surface area contributed by atoms with Crippen LogP contribution in [-0.4, -0.2) is 5.78 Å². The van der Waals surface area contributed by atoms with Gasteiger partial charge in [0.2, 0.25) is 0 Å². The summed E-state index contributed by atoms with van der Waals surface area (Å²) < 4.78 is 37.6. The molecule has 0 aliphatic heterocycles. The molecular weight excluding hydrogens is 374 g/mol. The van der Waals surface area contributed by atoms with Crippen molar-refractivity contribution in [3.05, 3.63) is 59.6 Å². The number of hydrogen-bond donors (Lipinski definition) is 0. The van der Waals surface area contributed by atoms with Crippen LogP contribution < -0.4 is 4.74 Å². The lowest BCUT2D eigenvalue weighted by Gasteiger charge is -2.55. The number of halogens is 2. The van der Waals surface area contributed by atoms with Gasteiger partial charge in [-0.1, -0.05) is 0 Å². The van der Waals surface area contributed by atoms with Crippen molar-refractivity contribution in [2.24, 2.45) is 23.2 Å². The maximum atomic E-state index is 13.6. The summed E-state index contributed by atoms with van der Waals surface area (Å²) in [5, 5.41) is 0. The Bertz CT molecular complexity index is 924. The fraction of sp³-hybridized carbons (Fsp3) is 0.458. The molecule has 5 heteroatoms. The predicted octanol–water partition coefficient (Wildman–Crippen LogP) is 5.94. The van der Waals surface area contributed by atoms with Gasteiger partial charge in [0.1, 0.15) is 23.9 Å². The molecule has 6 rings (SSSR count). The summed E-state index contributed by atoms with van der Waals surface area (Å²) in [6.07, 6.45) is 10.5. The van der Waals surface area contributed by atoms with Crippen LogP contribution >= 0.6 is 0 Å². The van der Waals surface area contributed by atoms with Gasteiger partial charge in [0.25, 0.3) is 0 Å². The molecule has 4 aliphatic rings. The first-order valence-electron chi connectivity index (χ1n) is 10.4. The van der Waals surface area contributed by atoms with E-state index in [1.165, 1.54) is 25.3 Å². The molecule has 0 saturated heterocycles. The van der Waals surface area contributed by atoms with Gasteiger partial charge in [0.05, 0.1) is 0 Å². The SMILES string of the molecule is O=C(/C=C/c1ccc(COc2ccc(F)cc2F)o1)C12CC3CC(CC(C3)C1)C2. The second kappa shape index (κ2) is 7.12. The average Bonchev–Trinajstić information content (AvgIpc) is 3.12. The molecule has 0 N–H and O–H groups in total. The van der Waals surface area contributed by atoms with E-state index in [0.29, 0.717) is 11.5 Å². The molecule has 0 spiro atoms. The highest BCUT2D eigenvalue weighted by atomic mass is 19.1. The summed E-state index contributed by atoms with van der Waals surface area (Å²) in [5.41, 5.74) is -0.149. The van der Waals surface area contributed by atoms with Crippen LogP contribution in [0.1, 0.15) is 50.0 Å². The fourth-order valence-electron chi connectivity index (χ4n) is 6.05. The van der Waals surface area contributed by atoms with Crippen LogP contribution in [-0.2, 0) is 11.4 Å². The standard InChI is InChI=1S/C24H24F2O3/c25-18-1-5-22(21(26)10-18)28-14-20-3-2-19(29-20)4-6-23(27)24-11-15-7-16(12-24)9-17(8-15)13-24/h1-6,10,15-17H,7-9,11-14H2/b6-4+. The van der Waals surface area contributed by atoms with Gasteiger partial charge < -0.3 is 9.15 Å². The number of ketones is 1. The van der Waals surface area contributed by atoms with Crippen LogP contribution in [0, 0.1) is 34.8 Å². The smallest absolute Gasteiger partial charge is 0.167 e. The first-order chi connectivity index (χ1) is 14.0. The Morgan fingerprint density at radius 2 is 1.76 bits per heavy atom. The molecule has 1 heterocycles. The largest absolute Gasteiger partial charge is 0.483 e. The monoisotopic (exact) mass is 398 g/mol. The van der Waals surface area contributed by atoms with Crippen LogP contribution in [0.3, 0.4) is 0 Å². The van der Waals surface area contributed by atoms with Gasteiger partial charge in [0, 0.05) is 11.5 Å². The summed E-state index contributed by atoms with van der Waals surface area (Å²) >= 11 is 0. The summed E-state index contributed by atoms with van der Waals surface area (Å²) in [5.74, 6) is 2.09. The first kappa shape index (κ1) is 18.6. The van der Waals surface area contributed by atoms with E-state index in [9.17, 15) is 13.6 Å². The lowest BCUT2D eigenvalue weighted by molar-refractivity contribution is -0.138. The van der Waals surface area contributed by atoms with E-state index in [1.807, 2.05) is 0 Å². The summed E-state index contributed by atoms with van der Waals surface area (Å²) in [6, 6.07) is 6.67. The number of carbonyl (C=O) groups excluding carboxylic acids is 1. The quantitative estimate of drug-likeness (QED) is 0.566. The van der Waals surface area contributed by atoms with Gasteiger partial charge in [-0.15, -0.1) is 0 Å². The Labute approximate surface area is 168 Å². The van der Waals surface area contributed by atoms with E-state index in [0.717, 1.165) is 49.1 Å². The molecule has 29 heavy (non-hydrogen) atoms. The molecule has 0 radical (unpaired) electrons.